The lowest BCUT2D eigenvalue weighted by Gasteiger charge is -2.12. The van der Waals surface area contributed by atoms with Gasteiger partial charge in [0, 0.05) is 12.1 Å². The zero-order chi connectivity index (χ0) is 15.8. The first-order valence-corrected chi connectivity index (χ1v) is 6.78. The Hall–Kier alpha value is -2.11. The van der Waals surface area contributed by atoms with Crippen LogP contribution in [0.4, 0.5) is 4.39 Å². The molecule has 0 radical (unpaired) electrons. The summed E-state index contributed by atoms with van der Waals surface area (Å²) in [5.74, 6) is -1.74. The molecule has 5 nitrogen and oxygen atoms in total. The summed E-state index contributed by atoms with van der Waals surface area (Å²) in [7, 11) is 1.40. The van der Waals surface area contributed by atoms with Crippen molar-refractivity contribution in [3.05, 3.63) is 29.6 Å². The molecule has 0 fully saturated rings. The molecule has 21 heavy (non-hydrogen) atoms. The number of methoxy groups -OCH3 is 1. The highest BCUT2D eigenvalue weighted by molar-refractivity contribution is 5.91. The van der Waals surface area contributed by atoms with Crippen molar-refractivity contribution in [2.45, 2.75) is 32.7 Å². The Morgan fingerprint density at radius 2 is 2.10 bits per heavy atom. The van der Waals surface area contributed by atoms with Gasteiger partial charge in [-0.3, -0.25) is 4.79 Å². The molecule has 0 heterocycles. The van der Waals surface area contributed by atoms with E-state index in [1.165, 1.54) is 19.2 Å². The van der Waals surface area contributed by atoms with Gasteiger partial charge in [-0.1, -0.05) is 13.3 Å². The molecule has 116 valence electrons. The Bertz CT molecular complexity index is 504. The topological polar surface area (TPSA) is 64.6 Å². The third-order valence-electron chi connectivity index (χ3n) is 2.86. The van der Waals surface area contributed by atoms with Crippen LogP contribution in [0.15, 0.2) is 18.2 Å². The van der Waals surface area contributed by atoms with Gasteiger partial charge in [0.25, 0.3) is 5.91 Å². The summed E-state index contributed by atoms with van der Waals surface area (Å²) in [6, 6.07) is 3.80. The maximum Gasteiger partial charge on any atom is 0.341 e. The van der Waals surface area contributed by atoms with Crippen molar-refractivity contribution in [3.63, 3.8) is 0 Å². The van der Waals surface area contributed by atoms with Gasteiger partial charge < -0.3 is 14.8 Å². The zero-order valence-electron chi connectivity index (χ0n) is 12.4. The first kappa shape index (κ1) is 16.9. The minimum Gasteiger partial charge on any atom is -0.497 e. The average Bonchev–Trinajstić information content (AvgIpc) is 2.44. The Morgan fingerprint density at radius 3 is 2.67 bits per heavy atom. The average molecular weight is 297 g/mol. The Balaban J connectivity index is 2.52. The molecule has 6 heteroatoms. The molecule has 0 spiro atoms. The van der Waals surface area contributed by atoms with E-state index in [9.17, 15) is 14.0 Å². The number of rotatable bonds is 7. The molecule has 0 aliphatic carbocycles. The number of hydrogen-bond donors (Lipinski definition) is 1. The number of carbonyl (C=O) groups excluding carboxylic acids is 2. The number of carbonyl (C=O) groups is 2. The molecule has 0 unspecified atom stereocenters. The monoisotopic (exact) mass is 297 g/mol. The molecular weight excluding hydrogens is 277 g/mol. The van der Waals surface area contributed by atoms with E-state index >= 15 is 0 Å². The molecule has 1 N–H and O–H groups in total. The largest absolute Gasteiger partial charge is 0.497 e. The number of nitrogens with one attached hydrogen (secondary N) is 1. The van der Waals surface area contributed by atoms with Gasteiger partial charge in [0.1, 0.15) is 11.6 Å². The second-order valence-corrected chi connectivity index (χ2v) is 4.68. The van der Waals surface area contributed by atoms with Gasteiger partial charge >= 0.3 is 5.97 Å². The molecule has 0 aliphatic rings. The van der Waals surface area contributed by atoms with E-state index in [-0.39, 0.29) is 11.6 Å². The lowest BCUT2D eigenvalue weighted by molar-refractivity contribution is -0.124. The van der Waals surface area contributed by atoms with E-state index in [1.54, 1.807) is 0 Å². The first-order valence-electron chi connectivity index (χ1n) is 6.78. The predicted molar refractivity (Wildman–Crippen MR) is 75.7 cm³/mol. The van der Waals surface area contributed by atoms with E-state index in [0.717, 1.165) is 18.9 Å². The summed E-state index contributed by atoms with van der Waals surface area (Å²) in [5, 5.41) is 2.69. The molecule has 1 aromatic carbocycles. The van der Waals surface area contributed by atoms with Crippen molar-refractivity contribution in [2.75, 3.05) is 13.7 Å². The van der Waals surface area contributed by atoms with Gasteiger partial charge in [0.2, 0.25) is 0 Å². The summed E-state index contributed by atoms with van der Waals surface area (Å²) in [4.78, 5) is 23.2. The summed E-state index contributed by atoms with van der Waals surface area (Å²) in [6.45, 7) is 3.44. The molecule has 0 aliphatic heterocycles. The Labute approximate surface area is 123 Å². The number of halogens is 1. The van der Waals surface area contributed by atoms with Crippen molar-refractivity contribution >= 4 is 11.9 Å². The van der Waals surface area contributed by atoms with E-state index in [1.807, 2.05) is 13.8 Å². The summed E-state index contributed by atoms with van der Waals surface area (Å²) < 4.78 is 23.3. The lowest BCUT2D eigenvalue weighted by Crippen LogP contribution is -2.35. The van der Waals surface area contributed by atoms with E-state index < -0.39 is 24.3 Å². The SMILES string of the molecule is CCC[C@H](C)NC(=O)COC(=O)c1ccc(OC)cc1F. The smallest absolute Gasteiger partial charge is 0.341 e. The van der Waals surface area contributed by atoms with Gasteiger partial charge in [-0.15, -0.1) is 0 Å². The van der Waals surface area contributed by atoms with Crippen LogP contribution in [-0.2, 0) is 9.53 Å². The van der Waals surface area contributed by atoms with Crippen LogP contribution in [0.2, 0.25) is 0 Å². The molecule has 0 saturated carbocycles. The summed E-state index contributed by atoms with van der Waals surface area (Å²) in [6.07, 6.45) is 1.78. The molecule has 1 rings (SSSR count). The molecule has 1 amide bonds. The van der Waals surface area contributed by atoms with Crippen LogP contribution >= 0.6 is 0 Å². The normalized spacial score (nSPS) is 11.6. The number of amides is 1. The second-order valence-electron chi connectivity index (χ2n) is 4.68. The van der Waals surface area contributed by atoms with Crippen LogP contribution in [0, 0.1) is 5.82 Å². The zero-order valence-corrected chi connectivity index (χ0v) is 12.4. The van der Waals surface area contributed by atoms with Crippen molar-refractivity contribution in [2.24, 2.45) is 0 Å². The third-order valence-corrected chi connectivity index (χ3v) is 2.86. The van der Waals surface area contributed by atoms with E-state index in [4.69, 9.17) is 9.47 Å². The van der Waals surface area contributed by atoms with Crippen molar-refractivity contribution in [1.82, 2.24) is 5.32 Å². The Kier molecular flexibility index (Phi) is 6.65. The van der Waals surface area contributed by atoms with Gasteiger partial charge in [-0.05, 0) is 25.5 Å². The first-order chi connectivity index (χ1) is 9.97. The highest BCUT2D eigenvalue weighted by Crippen LogP contribution is 2.16. The van der Waals surface area contributed by atoms with Crippen LogP contribution in [0.1, 0.15) is 37.0 Å². The predicted octanol–water partition coefficient (Wildman–Crippen LogP) is 2.30. The van der Waals surface area contributed by atoms with Gasteiger partial charge in [-0.25, -0.2) is 9.18 Å². The summed E-state index contributed by atoms with van der Waals surface area (Å²) >= 11 is 0. The van der Waals surface area contributed by atoms with Crippen LogP contribution in [0.5, 0.6) is 5.75 Å². The quantitative estimate of drug-likeness (QED) is 0.784. The van der Waals surface area contributed by atoms with Crippen molar-refractivity contribution in [1.29, 1.82) is 0 Å². The minimum atomic E-state index is -0.881. The number of esters is 1. The number of ether oxygens (including phenoxy) is 2. The fourth-order valence-corrected chi connectivity index (χ4v) is 1.82. The molecular formula is C15H20FNO4. The second kappa shape index (κ2) is 8.24. The molecule has 0 aromatic heterocycles. The standard InChI is InChI=1S/C15H20FNO4/c1-4-5-10(2)17-14(18)9-21-15(19)12-7-6-11(20-3)8-13(12)16/h6-8,10H,4-5,9H2,1-3H3,(H,17,18)/t10-/m0/s1. The van der Waals surface area contributed by atoms with Crippen LogP contribution in [-0.4, -0.2) is 31.6 Å². The third kappa shape index (κ3) is 5.41. The molecule has 1 aromatic rings. The number of benzene rings is 1. The van der Waals surface area contributed by atoms with Gasteiger partial charge in [-0.2, -0.15) is 0 Å². The fraction of sp³-hybridized carbons (Fsp3) is 0.467. The lowest BCUT2D eigenvalue weighted by atomic mass is 10.2. The van der Waals surface area contributed by atoms with Crippen LogP contribution in [0.25, 0.3) is 0 Å². The van der Waals surface area contributed by atoms with Gasteiger partial charge in [0.15, 0.2) is 6.61 Å². The Morgan fingerprint density at radius 1 is 1.38 bits per heavy atom. The van der Waals surface area contributed by atoms with Crippen molar-refractivity contribution in [3.8, 4) is 5.75 Å². The maximum absolute atomic E-state index is 13.6. The maximum atomic E-state index is 13.6. The molecule has 1 atom stereocenters. The van der Waals surface area contributed by atoms with E-state index in [0.29, 0.717) is 5.75 Å². The number of hydrogen-bond acceptors (Lipinski definition) is 4. The van der Waals surface area contributed by atoms with Crippen molar-refractivity contribution < 1.29 is 23.5 Å². The van der Waals surface area contributed by atoms with Gasteiger partial charge in [0.05, 0.1) is 12.7 Å². The summed E-state index contributed by atoms with van der Waals surface area (Å²) in [5.41, 5.74) is -0.231. The highest BCUT2D eigenvalue weighted by Gasteiger charge is 2.16. The fourth-order valence-electron chi connectivity index (χ4n) is 1.82. The minimum absolute atomic E-state index is 0.0129. The molecule has 0 bridgehead atoms. The molecule has 0 saturated heterocycles. The van der Waals surface area contributed by atoms with Crippen LogP contribution in [0.3, 0.4) is 0 Å². The van der Waals surface area contributed by atoms with E-state index in [2.05, 4.69) is 5.32 Å². The van der Waals surface area contributed by atoms with Crippen LogP contribution < -0.4 is 10.1 Å². The highest BCUT2D eigenvalue weighted by atomic mass is 19.1.